The van der Waals surface area contributed by atoms with Crippen molar-refractivity contribution in [2.24, 2.45) is 11.8 Å². The van der Waals surface area contributed by atoms with Gasteiger partial charge in [-0.3, -0.25) is 0 Å². The quantitative estimate of drug-likeness (QED) is 0.534. The van der Waals surface area contributed by atoms with Crippen molar-refractivity contribution in [3.63, 3.8) is 0 Å². The molecule has 3 rings (SSSR count). The van der Waals surface area contributed by atoms with Crippen molar-refractivity contribution in [1.82, 2.24) is 0 Å². The Hall–Kier alpha value is -1.63. The van der Waals surface area contributed by atoms with Crippen LogP contribution >= 0.6 is 0 Å². The van der Waals surface area contributed by atoms with Crippen molar-refractivity contribution in [2.45, 2.75) is 58.3 Å². The summed E-state index contributed by atoms with van der Waals surface area (Å²) >= 11 is 0. The van der Waals surface area contributed by atoms with Gasteiger partial charge in [-0.1, -0.05) is 81.8 Å². The summed E-state index contributed by atoms with van der Waals surface area (Å²) < 4.78 is 45.2. The van der Waals surface area contributed by atoms with E-state index in [-0.39, 0.29) is 11.6 Å². The summed E-state index contributed by atoms with van der Waals surface area (Å²) in [6.07, 6.45) is 10.2. The zero-order valence-electron chi connectivity index (χ0n) is 18.5. The fourth-order valence-corrected chi connectivity index (χ4v) is 3.89. The first-order chi connectivity index (χ1) is 13.4. The first kappa shape index (κ1) is 12.7. The van der Waals surface area contributed by atoms with Gasteiger partial charge in [0, 0.05) is 0 Å². The number of aryl methyl sites for hydroxylation is 1. The molecule has 1 saturated carbocycles. The first-order valence-corrected chi connectivity index (χ1v) is 9.27. The van der Waals surface area contributed by atoms with Crippen LogP contribution in [0, 0.1) is 17.7 Å². The van der Waals surface area contributed by atoms with Gasteiger partial charge >= 0.3 is 0 Å². The van der Waals surface area contributed by atoms with Gasteiger partial charge in [0.05, 0.1) is 5.48 Å². The van der Waals surface area contributed by atoms with Gasteiger partial charge in [0.25, 0.3) is 0 Å². The average Bonchev–Trinajstić information content (AvgIpc) is 2.71. The first-order valence-electron chi connectivity index (χ1n) is 11.3. The van der Waals surface area contributed by atoms with Crippen molar-refractivity contribution in [3.05, 3.63) is 59.8 Å². The van der Waals surface area contributed by atoms with Gasteiger partial charge in [-0.25, -0.2) is 4.39 Å². The van der Waals surface area contributed by atoms with E-state index in [2.05, 4.69) is 6.92 Å². The molecule has 1 aliphatic rings. The normalized spacial score (nSPS) is 23.2. The smallest absolute Gasteiger partial charge is 0.123 e. The minimum Gasteiger partial charge on any atom is -0.207 e. The van der Waals surface area contributed by atoms with Crippen molar-refractivity contribution < 1.29 is 9.87 Å². The lowest BCUT2D eigenvalue weighted by molar-refractivity contribution is 0.252. The molecule has 0 amide bonds. The second kappa shape index (κ2) is 8.46. The predicted octanol–water partition coefficient (Wildman–Crippen LogP) is 7.03. The van der Waals surface area contributed by atoms with E-state index in [4.69, 9.17) is 5.48 Å². The van der Waals surface area contributed by atoms with Gasteiger partial charge in [-0.2, -0.15) is 0 Å². The van der Waals surface area contributed by atoms with Crippen LogP contribution in [0.15, 0.2) is 48.4 Å². The van der Waals surface area contributed by atoms with Crippen LogP contribution in [0.25, 0.3) is 11.1 Å². The summed E-state index contributed by atoms with van der Waals surface area (Å²) in [5.41, 5.74) is 1.87. The maximum atomic E-state index is 14.0. The van der Waals surface area contributed by atoms with Crippen LogP contribution in [0.3, 0.4) is 0 Å². The molecule has 0 radical (unpaired) electrons. The Morgan fingerprint density at radius 3 is 2.29 bits per heavy atom. The summed E-state index contributed by atoms with van der Waals surface area (Å²) in [6, 6.07) is 5.70. The lowest BCUT2D eigenvalue weighted by Gasteiger charge is -2.28. The Labute approximate surface area is 151 Å². The fourth-order valence-electron chi connectivity index (χ4n) is 3.89. The molecule has 0 aromatic heterocycles. The van der Waals surface area contributed by atoms with Crippen LogP contribution in [-0.2, 0) is 6.42 Å². The molecule has 128 valence electrons. The summed E-state index contributed by atoms with van der Waals surface area (Å²) in [4.78, 5) is 0. The molecule has 0 spiro atoms. The molecule has 0 nitrogen and oxygen atoms in total. The van der Waals surface area contributed by atoms with E-state index in [1.54, 1.807) is 12.1 Å². The number of benzene rings is 2. The molecule has 1 fully saturated rings. The Morgan fingerprint density at radius 2 is 1.62 bits per heavy atom. The van der Waals surface area contributed by atoms with Crippen molar-refractivity contribution in [3.8, 4) is 11.1 Å². The third kappa shape index (κ3) is 4.69. The molecule has 0 N–H and O–H groups in total. The minimum atomic E-state index is -1.03. The predicted molar refractivity (Wildman–Crippen MR) is 101 cm³/mol. The Morgan fingerprint density at radius 1 is 0.958 bits per heavy atom. The molecule has 0 saturated heterocycles. The van der Waals surface area contributed by atoms with Gasteiger partial charge in [0.15, 0.2) is 0 Å². The van der Waals surface area contributed by atoms with Crippen LogP contribution in [0.5, 0.6) is 0 Å². The van der Waals surface area contributed by atoms with Crippen molar-refractivity contribution >= 4 is 0 Å². The highest BCUT2D eigenvalue weighted by Crippen LogP contribution is 2.34. The van der Waals surface area contributed by atoms with Crippen LogP contribution in [0.4, 0.5) is 4.39 Å². The second-order valence-corrected chi connectivity index (χ2v) is 7.10. The molecule has 0 atom stereocenters. The zero-order valence-corrected chi connectivity index (χ0v) is 14.5. The highest BCUT2D eigenvalue weighted by molar-refractivity contribution is 5.63. The monoisotopic (exact) mass is 328 g/mol. The SMILES string of the molecule is [2H]c1c([2H])c(F)c([2H])c(-c2ccc(CCC3CCC(CCC)CC3)cc2)c1[2H]. The number of rotatable bonds is 6. The zero-order chi connectivity index (χ0) is 20.3. The molecule has 0 bridgehead atoms. The lowest BCUT2D eigenvalue weighted by atomic mass is 9.78. The largest absolute Gasteiger partial charge is 0.207 e. The molecule has 1 aliphatic carbocycles. The summed E-state index contributed by atoms with van der Waals surface area (Å²) in [5.74, 6) is 0.701. The topological polar surface area (TPSA) is 0 Å². The van der Waals surface area contributed by atoms with E-state index in [0.717, 1.165) is 18.3 Å². The maximum Gasteiger partial charge on any atom is 0.123 e. The molecule has 1 heteroatoms. The molecular weight excluding hydrogens is 295 g/mol. The molecule has 2 aromatic carbocycles. The second-order valence-electron chi connectivity index (χ2n) is 7.10. The third-order valence-corrected chi connectivity index (χ3v) is 5.34. The molecular formula is C23H29F. The summed E-state index contributed by atoms with van der Waals surface area (Å²) in [5, 5.41) is 0. The van der Waals surface area contributed by atoms with Crippen LogP contribution in [0.2, 0.25) is 0 Å². The molecule has 0 aliphatic heterocycles. The molecule has 2 aromatic rings. The van der Waals surface area contributed by atoms with Crippen LogP contribution in [0.1, 0.15) is 62.9 Å². The van der Waals surface area contributed by atoms with Gasteiger partial charge < -0.3 is 0 Å². The Kier molecular flexibility index (Phi) is 4.48. The van der Waals surface area contributed by atoms with Gasteiger partial charge in [-0.05, 0) is 53.5 Å². The Balaban J connectivity index is 1.65. The van der Waals surface area contributed by atoms with E-state index in [1.807, 2.05) is 12.1 Å². The highest BCUT2D eigenvalue weighted by Gasteiger charge is 2.20. The van der Waals surface area contributed by atoms with Crippen molar-refractivity contribution in [2.75, 3.05) is 0 Å². The van der Waals surface area contributed by atoms with Gasteiger partial charge in [0.2, 0.25) is 0 Å². The van der Waals surface area contributed by atoms with E-state index in [9.17, 15) is 4.39 Å². The van der Waals surface area contributed by atoms with E-state index in [1.165, 1.54) is 50.5 Å². The average molecular weight is 329 g/mol. The van der Waals surface area contributed by atoms with Crippen LogP contribution < -0.4 is 0 Å². The van der Waals surface area contributed by atoms with Crippen molar-refractivity contribution in [1.29, 1.82) is 0 Å². The van der Waals surface area contributed by atoms with Gasteiger partial charge in [-0.15, -0.1) is 0 Å². The lowest BCUT2D eigenvalue weighted by Crippen LogP contribution is -2.15. The number of hydrogen-bond acceptors (Lipinski definition) is 0. The van der Waals surface area contributed by atoms with Gasteiger partial charge in [0.1, 0.15) is 5.82 Å². The standard InChI is InChI=1S/C23H29F/c1-2-4-18-7-9-19(10-8-18)11-12-20-13-15-21(16-14-20)22-5-3-6-23(24)17-22/h3,5-6,13-19H,2,4,7-12H2,1H3/i3D,5D,6D,17D. The summed E-state index contributed by atoms with van der Waals surface area (Å²) in [6.45, 7) is 2.27. The van der Waals surface area contributed by atoms with E-state index < -0.39 is 23.9 Å². The van der Waals surface area contributed by atoms with E-state index >= 15 is 0 Å². The maximum absolute atomic E-state index is 14.0. The number of halogens is 1. The fraction of sp³-hybridized carbons (Fsp3) is 0.478. The molecule has 24 heavy (non-hydrogen) atoms. The van der Waals surface area contributed by atoms with Crippen LogP contribution in [-0.4, -0.2) is 0 Å². The molecule has 0 unspecified atom stereocenters. The minimum absolute atomic E-state index is 0.0966. The Bertz CT molecular complexity index is 779. The molecule has 0 heterocycles. The number of hydrogen-bond donors (Lipinski definition) is 0. The summed E-state index contributed by atoms with van der Waals surface area (Å²) in [7, 11) is 0. The highest BCUT2D eigenvalue weighted by atomic mass is 19.1. The van der Waals surface area contributed by atoms with E-state index in [0.29, 0.717) is 5.56 Å². The third-order valence-electron chi connectivity index (χ3n) is 5.34.